The van der Waals surface area contributed by atoms with Crippen molar-refractivity contribution in [1.82, 2.24) is 0 Å². The third-order valence-electron chi connectivity index (χ3n) is 3.18. The number of hydrogen-bond acceptors (Lipinski definition) is 3. The molecule has 0 amide bonds. The summed E-state index contributed by atoms with van der Waals surface area (Å²) in [5.41, 5.74) is 2.46. The van der Waals surface area contributed by atoms with Crippen molar-refractivity contribution in [2.75, 3.05) is 14.2 Å². The molecule has 1 atom stereocenters. The lowest BCUT2D eigenvalue weighted by Crippen LogP contribution is -1.99. The van der Waals surface area contributed by atoms with Crippen molar-refractivity contribution in [3.63, 3.8) is 0 Å². The minimum Gasteiger partial charge on any atom is -0.495 e. The highest BCUT2D eigenvalue weighted by molar-refractivity contribution is 9.10. The molecule has 0 radical (unpaired) electrons. The molecule has 0 N–H and O–H groups in total. The van der Waals surface area contributed by atoms with Gasteiger partial charge in [-0.25, -0.2) is 0 Å². The molecule has 0 saturated heterocycles. The Balaban J connectivity index is 2.49. The van der Waals surface area contributed by atoms with Crippen molar-refractivity contribution < 1.29 is 9.47 Å². The number of thiophene rings is 1. The topological polar surface area (TPSA) is 18.5 Å². The van der Waals surface area contributed by atoms with Crippen molar-refractivity contribution in [1.29, 1.82) is 0 Å². The Morgan fingerprint density at radius 1 is 1.20 bits per heavy atom. The van der Waals surface area contributed by atoms with Gasteiger partial charge in [0.2, 0.25) is 0 Å². The second-order valence-corrected chi connectivity index (χ2v) is 6.89. The maximum atomic E-state index is 5.56. The average Bonchev–Trinajstić information content (AvgIpc) is 2.94. The molecule has 0 aliphatic carbocycles. The molecular weight excluding hydrogens is 404 g/mol. The van der Waals surface area contributed by atoms with Gasteiger partial charge in [-0.05, 0) is 45.4 Å². The van der Waals surface area contributed by atoms with Crippen LogP contribution in [0.5, 0.6) is 11.5 Å². The molecule has 0 aliphatic heterocycles. The molecular formula is C15H16Br2O2S. The third kappa shape index (κ3) is 2.90. The lowest BCUT2D eigenvalue weighted by Gasteiger charge is -2.17. The summed E-state index contributed by atoms with van der Waals surface area (Å²) in [4.78, 5) is 1.44. The second kappa shape index (κ2) is 6.96. The Morgan fingerprint density at radius 2 is 1.95 bits per heavy atom. The van der Waals surface area contributed by atoms with Gasteiger partial charge in [0.15, 0.2) is 0 Å². The molecule has 1 aromatic heterocycles. The molecule has 0 saturated carbocycles. The summed E-state index contributed by atoms with van der Waals surface area (Å²) in [5.74, 6) is 1.58. The number of halogens is 2. The van der Waals surface area contributed by atoms with Crippen LogP contribution in [0, 0.1) is 0 Å². The molecule has 5 heteroatoms. The van der Waals surface area contributed by atoms with E-state index >= 15 is 0 Å². The van der Waals surface area contributed by atoms with Crippen LogP contribution in [-0.4, -0.2) is 14.2 Å². The van der Waals surface area contributed by atoms with Gasteiger partial charge in [-0.15, -0.1) is 11.3 Å². The fourth-order valence-electron chi connectivity index (χ4n) is 2.12. The Kier molecular flexibility index (Phi) is 5.52. The number of rotatable bonds is 5. The lowest BCUT2D eigenvalue weighted by atomic mass is 10.1. The quantitative estimate of drug-likeness (QED) is 0.589. The van der Waals surface area contributed by atoms with E-state index < -0.39 is 0 Å². The molecule has 1 unspecified atom stereocenters. The van der Waals surface area contributed by atoms with Gasteiger partial charge < -0.3 is 9.47 Å². The van der Waals surface area contributed by atoms with Crippen LogP contribution >= 0.6 is 43.2 Å². The van der Waals surface area contributed by atoms with Crippen LogP contribution in [0.25, 0.3) is 0 Å². The molecule has 0 fully saturated rings. The predicted octanol–water partition coefficient (Wildman–Crippen LogP) is 5.57. The molecule has 20 heavy (non-hydrogen) atoms. The van der Waals surface area contributed by atoms with Gasteiger partial charge in [0.25, 0.3) is 0 Å². The van der Waals surface area contributed by atoms with E-state index in [9.17, 15) is 0 Å². The average molecular weight is 420 g/mol. The van der Waals surface area contributed by atoms with E-state index in [4.69, 9.17) is 9.47 Å². The van der Waals surface area contributed by atoms with Gasteiger partial charge in [-0.3, -0.25) is 0 Å². The van der Waals surface area contributed by atoms with Crippen LogP contribution in [0.4, 0.5) is 0 Å². The monoisotopic (exact) mass is 418 g/mol. The third-order valence-corrected chi connectivity index (χ3v) is 6.21. The maximum Gasteiger partial charge on any atom is 0.141 e. The van der Waals surface area contributed by atoms with Gasteiger partial charge in [0.1, 0.15) is 16.0 Å². The SMILES string of the molecule is CCc1ccsc1C(Br)c1ccc(OC)c(Br)c1OC. The minimum absolute atomic E-state index is 0.120. The van der Waals surface area contributed by atoms with E-state index in [0.29, 0.717) is 0 Å². The van der Waals surface area contributed by atoms with Gasteiger partial charge in [-0.1, -0.05) is 28.9 Å². The zero-order valence-corrected chi connectivity index (χ0v) is 15.6. The smallest absolute Gasteiger partial charge is 0.141 e. The first kappa shape index (κ1) is 15.9. The van der Waals surface area contributed by atoms with Gasteiger partial charge >= 0.3 is 0 Å². The normalized spacial score (nSPS) is 12.2. The fraction of sp³-hybridized carbons (Fsp3) is 0.333. The summed E-state index contributed by atoms with van der Waals surface area (Å²) >= 11 is 9.12. The zero-order valence-electron chi connectivity index (χ0n) is 11.6. The van der Waals surface area contributed by atoms with Crippen molar-refractivity contribution in [3.05, 3.63) is 44.1 Å². The summed E-state index contributed by atoms with van der Waals surface area (Å²) in [5, 5.41) is 2.13. The number of benzene rings is 1. The Morgan fingerprint density at radius 3 is 2.55 bits per heavy atom. The molecule has 2 nitrogen and oxygen atoms in total. The predicted molar refractivity (Wildman–Crippen MR) is 91.7 cm³/mol. The molecule has 2 aromatic rings. The molecule has 108 valence electrons. The van der Waals surface area contributed by atoms with Crippen molar-refractivity contribution >= 4 is 43.2 Å². The van der Waals surface area contributed by atoms with E-state index in [1.54, 1.807) is 25.6 Å². The minimum atomic E-state index is 0.120. The molecule has 0 aliphatic rings. The molecule has 1 aromatic carbocycles. The van der Waals surface area contributed by atoms with Crippen molar-refractivity contribution in [2.45, 2.75) is 18.2 Å². The van der Waals surface area contributed by atoms with Gasteiger partial charge in [0.05, 0.1) is 19.0 Å². The Labute approximate surface area is 140 Å². The second-order valence-electron chi connectivity index (χ2n) is 4.23. The number of ether oxygens (including phenoxy) is 2. The first-order valence-corrected chi connectivity index (χ1v) is 8.83. The van der Waals surface area contributed by atoms with Gasteiger partial charge in [0, 0.05) is 10.4 Å². The van der Waals surface area contributed by atoms with Crippen LogP contribution in [0.2, 0.25) is 0 Å². The number of alkyl halides is 1. The first-order chi connectivity index (χ1) is 9.63. The summed E-state index contributed by atoms with van der Waals surface area (Å²) in [7, 11) is 3.33. The maximum absolute atomic E-state index is 5.56. The molecule has 2 rings (SSSR count). The first-order valence-electron chi connectivity index (χ1n) is 6.24. The highest BCUT2D eigenvalue weighted by Crippen LogP contribution is 2.46. The summed E-state index contributed by atoms with van der Waals surface area (Å²) in [6.45, 7) is 2.17. The summed E-state index contributed by atoms with van der Waals surface area (Å²) in [6.07, 6.45) is 1.03. The molecule has 0 bridgehead atoms. The largest absolute Gasteiger partial charge is 0.495 e. The van der Waals surface area contributed by atoms with E-state index in [0.717, 1.165) is 28.0 Å². The van der Waals surface area contributed by atoms with E-state index in [2.05, 4.69) is 50.2 Å². The van der Waals surface area contributed by atoms with Gasteiger partial charge in [-0.2, -0.15) is 0 Å². The van der Waals surface area contributed by atoms with Crippen LogP contribution in [0.1, 0.15) is 27.8 Å². The summed E-state index contributed by atoms with van der Waals surface area (Å²) < 4.78 is 11.7. The zero-order chi connectivity index (χ0) is 14.7. The van der Waals surface area contributed by atoms with E-state index in [1.807, 2.05) is 12.1 Å². The number of methoxy groups -OCH3 is 2. The standard InChI is InChI=1S/C15H16Br2O2S/c1-4-9-7-8-20-15(9)12(16)10-5-6-11(18-2)13(17)14(10)19-3/h5-8,12H,4H2,1-3H3. The highest BCUT2D eigenvalue weighted by atomic mass is 79.9. The number of aryl methyl sites for hydroxylation is 1. The van der Waals surface area contributed by atoms with Crippen LogP contribution in [0.15, 0.2) is 28.1 Å². The fourth-order valence-corrected chi connectivity index (χ4v) is 4.77. The molecule has 1 heterocycles. The summed E-state index contributed by atoms with van der Waals surface area (Å²) in [6, 6.07) is 6.18. The highest BCUT2D eigenvalue weighted by Gasteiger charge is 2.22. The van der Waals surface area contributed by atoms with Crippen LogP contribution in [0.3, 0.4) is 0 Å². The van der Waals surface area contributed by atoms with Crippen LogP contribution in [-0.2, 0) is 6.42 Å². The molecule has 0 spiro atoms. The van der Waals surface area contributed by atoms with Crippen molar-refractivity contribution in [3.8, 4) is 11.5 Å². The lowest BCUT2D eigenvalue weighted by molar-refractivity contribution is 0.386. The van der Waals surface area contributed by atoms with E-state index in [1.165, 1.54) is 10.4 Å². The Bertz CT molecular complexity index is 596. The van der Waals surface area contributed by atoms with Crippen molar-refractivity contribution in [2.24, 2.45) is 0 Å². The van der Waals surface area contributed by atoms with Crippen LogP contribution < -0.4 is 9.47 Å². The number of hydrogen-bond donors (Lipinski definition) is 0. The Hall–Kier alpha value is -0.520. The van der Waals surface area contributed by atoms with E-state index in [-0.39, 0.29) is 4.83 Å².